The molecule has 0 amide bonds. The summed E-state index contributed by atoms with van der Waals surface area (Å²) >= 11 is 0. The van der Waals surface area contributed by atoms with Crippen molar-refractivity contribution in [1.82, 2.24) is 0 Å². The van der Waals surface area contributed by atoms with Gasteiger partial charge in [0.25, 0.3) is 0 Å². The molecule has 1 aromatic carbocycles. The highest BCUT2D eigenvalue weighted by atomic mass is 16.5. The molecule has 17 heavy (non-hydrogen) atoms. The van der Waals surface area contributed by atoms with E-state index in [0.717, 1.165) is 31.4 Å². The zero-order chi connectivity index (χ0) is 12.3. The van der Waals surface area contributed by atoms with Crippen LogP contribution in [0, 0.1) is 5.92 Å². The van der Waals surface area contributed by atoms with Crippen molar-refractivity contribution in [3.8, 4) is 0 Å². The molecule has 2 rings (SSSR count). The van der Waals surface area contributed by atoms with Crippen LogP contribution in [0.15, 0.2) is 24.3 Å². The predicted molar refractivity (Wildman–Crippen MR) is 68.9 cm³/mol. The van der Waals surface area contributed by atoms with E-state index >= 15 is 0 Å². The molecule has 0 spiro atoms. The van der Waals surface area contributed by atoms with Crippen molar-refractivity contribution in [2.24, 2.45) is 5.92 Å². The lowest BCUT2D eigenvalue weighted by Crippen LogP contribution is -2.22. The van der Waals surface area contributed by atoms with E-state index in [0.29, 0.717) is 0 Å². The Morgan fingerprint density at radius 3 is 2.59 bits per heavy atom. The van der Waals surface area contributed by atoms with E-state index in [1.807, 2.05) is 0 Å². The maximum Gasteiger partial charge on any atom is 0.0843 e. The summed E-state index contributed by atoms with van der Waals surface area (Å²) in [5.41, 5.74) is 2.34. The van der Waals surface area contributed by atoms with Crippen molar-refractivity contribution < 1.29 is 9.84 Å². The molecule has 2 nitrogen and oxygen atoms in total. The number of hydrogen-bond acceptors (Lipinski definition) is 2. The molecule has 1 fully saturated rings. The SMILES string of the molecule is CCc1ccc(C(O)C2CCOC2CC)cc1. The van der Waals surface area contributed by atoms with E-state index in [-0.39, 0.29) is 18.1 Å². The maximum absolute atomic E-state index is 10.4. The summed E-state index contributed by atoms with van der Waals surface area (Å²) in [6, 6.07) is 8.31. The highest BCUT2D eigenvalue weighted by molar-refractivity contribution is 5.24. The molecule has 1 N–H and O–H groups in total. The Hall–Kier alpha value is -0.860. The number of hydrogen-bond donors (Lipinski definition) is 1. The first-order valence-electron chi connectivity index (χ1n) is 6.64. The highest BCUT2D eigenvalue weighted by Crippen LogP contribution is 2.34. The third kappa shape index (κ3) is 2.70. The van der Waals surface area contributed by atoms with Crippen molar-refractivity contribution in [3.05, 3.63) is 35.4 Å². The normalized spacial score (nSPS) is 26.1. The monoisotopic (exact) mass is 234 g/mol. The molecule has 0 saturated carbocycles. The number of aliphatic hydroxyl groups excluding tert-OH is 1. The minimum atomic E-state index is -0.381. The van der Waals surface area contributed by atoms with E-state index in [2.05, 4.69) is 38.1 Å². The predicted octanol–water partition coefficient (Wildman–Crippen LogP) is 3.10. The molecule has 2 heteroatoms. The van der Waals surface area contributed by atoms with E-state index in [1.165, 1.54) is 5.56 Å². The lowest BCUT2D eigenvalue weighted by atomic mass is 9.88. The van der Waals surface area contributed by atoms with E-state index < -0.39 is 0 Å². The standard InChI is InChI=1S/C15H22O2/c1-3-11-5-7-12(8-6-11)15(16)13-9-10-17-14(13)4-2/h5-8,13-16H,3-4,9-10H2,1-2H3. The van der Waals surface area contributed by atoms with Gasteiger partial charge in [-0.05, 0) is 30.4 Å². The van der Waals surface area contributed by atoms with Crippen molar-refractivity contribution in [2.75, 3.05) is 6.61 Å². The number of aliphatic hydroxyl groups is 1. The fourth-order valence-corrected chi connectivity index (χ4v) is 2.64. The molecule has 0 aromatic heterocycles. The van der Waals surface area contributed by atoms with Gasteiger partial charge in [0.1, 0.15) is 0 Å². The summed E-state index contributed by atoms with van der Waals surface area (Å²) in [7, 11) is 0. The second kappa shape index (κ2) is 5.65. The number of aryl methyl sites for hydroxylation is 1. The topological polar surface area (TPSA) is 29.5 Å². The van der Waals surface area contributed by atoms with Crippen molar-refractivity contribution >= 4 is 0 Å². The van der Waals surface area contributed by atoms with Crippen molar-refractivity contribution in [3.63, 3.8) is 0 Å². The molecule has 1 saturated heterocycles. The Morgan fingerprint density at radius 1 is 1.29 bits per heavy atom. The van der Waals surface area contributed by atoms with E-state index in [9.17, 15) is 5.11 Å². The van der Waals surface area contributed by atoms with Gasteiger partial charge in [-0.25, -0.2) is 0 Å². The van der Waals surface area contributed by atoms with Crippen LogP contribution in [0.4, 0.5) is 0 Å². The van der Waals surface area contributed by atoms with Crippen LogP contribution < -0.4 is 0 Å². The zero-order valence-corrected chi connectivity index (χ0v) is 10.7. The Bertz CT molecular complexity index is 344. The summed E-state index contributed by atoms with van der Waals surface area (Å²) < 4.78 is 5.64. The van der Waals surface area contributed by atoms with Gasteiger partial charge in [-0.3, -0.25) is 0 Å². The van der Waals surface area contributed by atoms with Gasteiger partial charge in [-0.1, -0.05) is 38.1 Å². The summed E-state index contributed by atoms with van der Waals surface area (Å²) in [6.07, 6.45) is 2.83. The van der Waals surface area contributed by atoms with Crippen LogP contribution >= 0.6 is 0 Å². The number of ether oxygens (including phenoxy) is 1. The maximum atomic E-state index is 10.4. The third-order valence-corrected chi connectivity index (χ3v) is 3.80. The molecule has 0 radical (unpaired) electrons. The first-order valence-corrected chi connectivity index (χ1v) is 6.64. The molecular formula is C15H22O2. The first-order chi connectivity index (χ1) is 8.26. The van der Waals surface area contributed by atoms with Crippen LogP contribution in [0.1, 0.15) is 43.9 Å². The average Bonchev–Trinajstić information content (AvgIpc) is 2.86. The lowest BCUT2D eigenvalue weighted by Gasteiger charge is -2.23. The molecule has 1 aromatic rings. The quantitative estimate of drug-likeness (QED) is 0.867. The van der Waals surface area contributed by atoms with Crippen LogP contribution in [-0.2, 0) is 11.2 Å². The molecule has 1 aliphatic heterocycles. The second-order valence-electron chi connectivity index (χ2n) is 4.81. The Labute approximate surface area is 104 Å². The Balaban J connectivity index is 2.10. The largest absolute Gasteiger partial charge is 0.388 e. The van der Waals surface area contributed by atoms with Gasteiger partial charge in [0.15, 0.2) is 0 Å². The van der Waals surface area contributed by atoms with Crippen LogP contribution in [0.3, 0.4) is 0 Å². The molecule has 3 atom stereocenters. The average molecular weight is 234 g/mol. The highest BCUT2D eigenvalue weighted by Gasteiger charge is 2.33. The van der Waals surface area contributed by atoms with Gasteiger partial charge >= 0.3 is 0 Å². The Kier molecular flexibility index (Phi) is 4.19. The van der Waals surface area contributed by atoms with Crippen molar-refractivity contribution in [1.29, 1.82) is 0 Å². The van der Waals surface area contributed by atoms with Gasteiger partial charge in [0.2, 0.25) is 0 Å². The molecule has 3 unspecified atom stereocenters. The lowest BCUT2D eigenvalue weighted by molar-refractivity contribution is 0.0307. The third-order valence-electron chi connectivity index (χ3n) is 3.80. The smallest absolute Gasteiger partial charge is 0.0843 e. The molecule has 0 bridgehead atoms. The molecule has 94 valence electrons. The van der Waals surface area contributed by atoms with E-state index in [1.54, 1.807) is 0 Å². The molecule has 0 aliphatic carbocycles. The summed E-state index contributed by atoms with van der Waals surface area (Å²) in [6.45, 7) is 5.05. The molecule has 1 heterocycles. The van der Waals surface area contributed by atoms with Crippen LogP contribution in [-0.4, -0.2) is 17.8 Å². The van der Waals surface area contributed by atoms with Gasteiger partial charge in [0.05, 0.1) is 12.2 Å². The number of rotatable bonds is 4. The van der Waals surface area contributed by atoms with Crippen LogP contribution in [0.25, 0.3) is 0 Å². The molecule has 1 aliphatic rings. The minimum Gasteiger partial charge on any atom is -0.388 e. The number of benzene rings is 1. The Morgan fingerprint density at radius 2 is 2.00 bits per heavy atom. The first kappa shape index (κ1) is 12.6. The summed E-state index contributed by atoms with van der Waals surface area (Å²) in [4.78, 5) is 0. The summed E-state index contributed by atoms with van der Waals surface area (Å²) in [5.74, 6) is 0.257. The van der Waals surface area contributed by atoms with Crippen LogP contribution in [0.5, 0.6) is 0 Å². The van der Waals surface area contributed by atoms with Crippen molar-refractivity contribution in [2.45, 2.75) is 45.3 Å². The second-order valence-corrected chi connectivity index (χ2v) is 4.81. The fraction of sp³-hybridized carbons (Fsp3) is 0.600. The van der Waals surface area contributed by atoms with Gasteiger partial charge in [-0.15, -0.1) is 0 Å². The summed E-state index contributed by atoms with van der Waals surface area (Å²) in [5, 5.41) is 10.4. The van der Waals surface area contributed by atoms with Gasteiger partial charge in [0, 0.05) is 12.5 Å². The molecular weight excluding hydrogens is 212 g/mol. The zero-order valence-electron chi connectivity index (χ0n) is 10.7. The van der Waals surface area contributed by atoms with Crippen LogP contribution in [0.2, 0.25) is 0 Å². The van der Waals surface area contributed by atoms with Gasteiger partial charge < -0.3 is 9.84 Å². The minimum absolute atomic E-state index is 0.218. The van der Waals surface area contributed by atoms with E-state index in [4.69, 9.17) is 4.74 Å². The fourth-order valence-electron chi connectivity index (χ4n) is 2.64. The van der Waals surface area contributed by atoms with Gasteiger partial charge in [-0.2, -0.15) is 0 Å².